The van der Waals surface area contributed by atoms with Crippen LogP contribution in [0, 0.1) is 5.82 Å². The number of rotatable bonds is 4. The van der Waals surface area contributed by atoms with Gasteiger partial charge in [-0.05, 0) is 43.9 Å². The van der Waals surface area contributed by atoms with Gasteiger partial charge in [-0.25, -0.2) is 12.8 Å². The summed E-state index contributed by atoms with van der Waals surface area (Å²) in [7, 11) is -3.64. The number of hydrogen-bond acceptors (Lipinski definition) is 3. The maximum absolute atomic E-state index is 13.3. The molecule has 0 bridgehead atoms. The largest absolute Gasteiger partial charge is 0.328 e. The lowest BCUT2D eigenvalue weighted by Gasteiger charge is -2.34. The molecule has 0 spiro atoms. The minimum absolute atomic E-state index is 0.0224. The molecule has 0 atom stereocenters. The number of hydrogen-bond donors (Lipinski definition) is 1. The Balaban J connectivity index is 2.26. The van der Waals surface area contributed by atoms with Gasteiger partial charge in [-0.1, -0.05) is 13.0 Å². The quantitative estimate of drug-likeness (QED) is 0.926. The third-order valence-corrected chi connectivity index (χ3v) is 5.89. The number of nitrogens with zero attached hydrogens (tertiary/aromatic N) is 1. The van der Waals surface area contributed by atoms with Crippen LogP contribution in [0.3, 0.4) is 0 Å². The van der Waals surface area contributed by atoms with Crippen molar-refractivity contribution in [2.75, 3.05) is 6.54 Å². The van der Waals surface area contributed by atoms with Crippen molar-refractivity contribution in [3.05, 3.63) is 30.1 Å². The van der Waals surface area contributed by atoms with Gasteiger partial charge >= 0.3 is 0 Å². The van der Waals surface area contributed by atoms with Gasteiger partial charge in [-0.2, -0.15) is 4.31 Å². The van der Waals surface area contributed by atoms with Crippen molar-refractivity contribution < 1.29 is 12.8 Å². The molecule has 1 aliphatic rings. The summed E-state index contributed by atoms with van der Waals surface area (Å²) in [5.74, 6) is -0.534. The topological polar surface area (TPSA) is 63.4 Å². The van der Waals surface area contributed by atoms with Gasteiger partial charge in [0.15, 0.2) is 0 Å². The van der Waals surface area contributed by atoms with E-state index in [1.807, 2.05) is 6.92 Å². The lowest BCUT2D eigenvalue weighted by Crippen LogP contribution is -2.44. The molecule has 20 heavy (non-hydrogen) atoms. The van der Waals surface area contributed by atoms with Gasteiger partial charge in [0.2, 0.25) is 10.0 Å². The van der Waals surface area contributed by atoms with Crippen LogP contribution in [0.2, 0.25) is 0 Å². The van der Waals surface area contributed by atoms with Crippen LogP contribution in [-0.4, -0.2) is 31.4 Å². The summed E-state index contributed by atoms with van der Waals surface area (Å²) in [4.78, 5) is 0.0224. The first kappa shape index (κ1) is 15.4. The molecular formula is C14H21FN2O2S. The molecule has 0 radical (unpaired) electrons. The molecule has 6 heteroatoms. The van der Waals surface area contributed by atoms with Gasteiger partial charge in [0.25, 0.3) is 0 Å². The third kappa shape index (κ3) is 3.19. The second kappa shape index (κ2) is 6.20. The molecule has 112 valence electrons. The Morgan fingerprint density at radius 3 is 2.50 bits per heavy atom. The molecule has 2 rings (SSSR count). The van der Waals surface area contributed by atoms with Crippen molar-refractivity contribution in [1.82, 2.24) is 4.31 Å². The van der Waals surface area contributed by atoms with Crippen LogP contribution in [0.4, 0.5) is 4.39 Å². The molecule has 1 aliphatic carbocycles. The van der Waals surface area contributed by atoms with Crippen LogP contribution in [-0.2, 0) is 10.0 Å². The van der Waals surface area contributed by atoms with Gasteiger partial charge in [0, 0.05) is 18.6 Å². The molecule has 2 N–H and O–H groups in total. The zero-order chi connectivity index (χ0) is 14.8. The highest BCUT2D eigenvalue weighted by Crippen LogP contribution is 2.27. The molecule has 0 aliphatic heterocycles. The molecule has 0 heterocycles. The fourth-order valence-corrected chi connectivity index (χ4v) is 4.50. The summed E-state index contributed by atoms with van der Waals surface area (Å²) in [6, 6.07) is 5.32. The summed E-state index contributed by atoms with van der Waals surface area (Å²) < 4.78 is 40.0. The second-order valence-corrected chi connectivity index (χ2v) is 7.12. The van der Waals surface area contributed by atoms with E-state index in [4.69, 9.17) is 5.73 Å². The van der Waals surface area contributed by atoms with Crippen LogP contribution in [0.15, 0.2) is 29.2 Å². The van der Waals surface area contributed by atoms with Crippen LogP contribution >= 0.6 is 0 Å². The molecule has 1 aromatic rings. The van der Waals surface area contributed by atoms with Crippen molar-refractivity contribution in [2.45, 2.75) is 49.6 Å². The van der Waals surface area contributed by atoms with E-state index in [0.717, 1.165) is 31.7 Å². The number of nitrogens with two attached hydrogens (primary N) is 1. The van der Waals surface area contributed by atoms with E-state index >= 15 is 0 Å². The molecule has 1 fully saturated rings. The van der Waals surface area contributed by atoms with E-state index in [0.29, 0.717) is 6.54 Å². The highest BCUT2D eigenvalue weighted by atomic mass is 32.2. The molecular weight excluding hydrogens is 279 g/mol. The molecule has 0 unspecified atom stereocenters. The summed E-state index contributed by atoms with van der Waals surface area (Å²) in [6.45, 7) is 2.20. The Kier molecular flexibility index (Phi) is 4.78. The molecule has 1 saturated carbocycles. The van der Waals surface area contributed by atoms with Gasteiger partial charge in [-0.3, -0.25) is 0 Å². The average Bonchev–Trinajstić information content (AvgIpc) is 2.41. The zero-order valence-corrected chi connectivity index (χ0v) is 12.4. The van der Waals surface area contributed by atoms with Crippen LogP contribution < -0.4 is 5.73 Å². The molecule has 0 aromatic heterocycles. The van der Waals surface area contributed by atoms with Crippen molar-refractivity contribution in [3.8, 4) is 0 Å². The van der Waals surface area contributed by atoms with Gasteiger partial charge in [0.1, 0.15) is 5.82 Å². The SMILES string of the molecule is CCN(C1CCC(N)CC1)S(=O)(=O)c1cccc(F)c1. The normalized spacial score (nSPS) is 24.0. The number of sulfonamides is 1. The Hall–Kier alpha value is -0.980. The zero-order valence-electron chi connectivity index (χ0n) is 11.6. The fraction of sp³-hybridized carbons (Fsp3) is 0.571. The third-order valence-electron chi connectivity index (χ3n) is 3.86. The summed E-state index contributed by atoms with van der Waals surface area (Å²) >= 11 is 0. The highest BCUT2D eigenvalue weighted by molar-refractivity contribution is 7.89. The first-order valence-electron chi connectivity index (χ1n) is 6.98. The van der Waals surface area contributed by atoms with Crippen molar-refractivity contribution in [1.29, 1.82) is 0 Å². The van der Waals surface area contributed by atoms with E-state index in [-0.39, 0.29) is 17.0 Å². The smallest absolute Gasteiger partial charge is 0.243 e. The summed E-state index contributed by atoms with van der Waals surface area (Å²) in [5, 5.41) is 0. The van der Waals surface area contributed by atoms with Gasteiger partial charge in [0.05, 0.1) is 4.90 Å². The van der Waals surface area contributed by atoms with Gasteiger partial charge < -0.3 is 5.73 Å². The van der Waals surface area contributed by atoms with Crippen molar-refractivity contribution in [2.24, 2.45) is 5.73 Å². The number of benzene rings is 1. The molecule has 0 saturated heterocycles. The first-order valence-corrected chi connectivity index (χ1v) is 8.42. The lowest BCUT2D eigenvalue weighted by molar-refractivity contribution is 0.247. The fourth-order valence-electron chi connectivity index (χ4n) is 2.78. The average molecular weight is 300 g/mol. The predicted molar refractivity (Wildman–Crippen MR) is 76.2 cm³/mol. The maximum Gasteiger partial charge on any atom is 0.243 e. The standard InChI is InChI=1S/C14H21FN2O2S/c1-2-17(13-8-6-12(16)7-9-13)20(18,19)14-5-3-4-11(15)10-14/h3-5,10,12-13H,2,6-9,16H2,1H3. The Morgan fingerprint density at radius 1 is 1.30 bits per heavy atom. The van der Waals surface area contributed by atoms with Crippen molar-refractivity contribution in [3.63, 3.8) is 0 Å². The van der Waals surface area contributed by atoms with Crippen LogP contribution in [0.1, 0.15) is 32.6 Å². The lowest BCUT2D eigenvalue weighted by atomic mass is 9.92. The minimum atomic E-state index is -3.64. The summed E-state index contributed by atoms with van der Waals surface area (Å²) in [5.41, 5.74) is 5.86. The van der Waals surface area contributed by atoms with Crippen LogP contribution in [0.25, 0.3) is 0 Å². The predicted octanol–water partition coefficient (Wildman–Crippen LogP) is 2.11. The first-order chi connectivity index (χ1) is 9.45. The number of halogens is 1. The highest BCUT2D eigenvalue weighted by Gasteiger charge is 2.32. The summed E-state index contributed by atoms with van der Waals surface area (Å²) in [6.07, 6.45) is 3.20. The molecule has 0 amide bonds. The van der Waals surface area contributed by atoms with Crippen LogP contribution in [0.5, 0.6) is 0 Å². The van der Waals surface area contributed by atoms with E-state index in [9.17, 15) is 12.8 Å². The van der Waals surface area contributed by atoms with Crippen molar-refractivity contribution >= 4 is 10.0 Å². The minimum Gasteiger partial charge on any atom is -0.328 e. The Morgan fingerprint density at radius 2 is 1.95 bits per heavy atom. The molecule has 1 aromatic carbocycles. The van der Waals surface area contributed by atoms with E-state index < -0.39 is 15.8 Å². The maximum atomic E-state index is 13.3. The Bertz CT molecular complexity index is 554. The van der Waals surface area contributed by atoms with E-state index in [1.54, 1.807) is 0 Å². The van der Waals surface area contributed by atoms with Gasteiger partial charge in [-0.15, -0.1) is 0 Å². The second-order valence-electron chi connectivity index (χ2n) is 5.23. The molecule has 4 nitrogen and oxygen atoms in total. The van der Waals surface area contributed by atoms with E-state index in [2.05, 4.69) is 0 Å². The monoisotopic (exact) mass is 300 g/mol. The Labute approximate surface area is 119 Å². The van der Waals surface area contributed by atoms with E-state index in [1.165, 1.54) is 22.5 Å².